The van der Waals surface area contributed by atoms with Crippen LogP contribution in [-0.2, 0) is 16.4 Å². The summed E-state index contributed by atoms with van der Waals surface area (Å²) in [6.45, 7) is 2.64. The smallest absolute Gasteiger partial charge is 0.290 e. The van der Waals surface area contributed by atoms with Crippen molar-refractivity contribution in [3.63, 3.8) is 0 Å². The fraction of sp³-hybridized carbons (Fsp3) is 0.304. The van der Waals surface area contributed by atoms with Crippen LogP contribution in [0.1, 0.15) is 29.5 Å². The average Bonchev–Trinajstić information content (AvgIpc) is 3.12. The van der Waals surface area contributed by atoms with Crippen LogP contribution in [0.2, 0.25) is 0 Å². The average molecular weight is 442 g/mol. The van der Waals surface area contributed by atoms with Gasteiger partial charge in [-0.25, -0.2) is 8.42 Å². The number of benzene rings is 2. The van der Waals surface area contributed by atoms with E-state index in [9.17, 15) is 18.0 Å². The minimum atomic E-state index is -3.21. The molecule has 1 aliphatic rings. The van der Waals surface area contributed by atoms with Crippen LogP contribution in [0.15, 0.2) is 63.8 Å². The standard InChI is InChI=1S/C23H23NO6S/c1-2-29-18-9-7-16(8-10-18)14-24(17-11-12-31(27,28)15-17)23(26)22-13-20(25)19-5-3-4-6-21(19)30-22/h3-10,13,17H,2,11-12,14-15H2,1H3/t17-/m0/s1. The first-order chi connectivity index (χ1) is 14.9. The number of fused-ring (bicyclic) bond motifs is 1. The largest absolute Gasteiger partial charge is 0.494 e. The molecule has 4 rings (SSSR count). The van der Waals surface area contributed by atoms with Gasteiger partial charge in [0.2, 0.25) is 0 Å². The van der Waals surface area contributed by atoms with Crippen molar-refractivity contribution in [2.75, 3.05) is 18.1 Å². The lowest BCUT2D eigenvalue weighted by Gasteiger charge is -2.28. The minimum absolute atomic E-state index is 0.0341. The van der Waals surface area contributed by atoms with Gasteiger partial charge in [0, 0.05) is 18.7 Å². The van der Waals surface area contributed by atoms with E-state index in [0.717, 1.165) is 5.56 Å². The van der Waals surface area contributed by atoms with E-state index in [2.05, 4.69) is 0 Å². The topological polar surface area (TPSA) is 93.9 Å². The predicted octanol–water partition coefficient (Wildman–Crippen LogP) is 3.02. The molecule has 0 saturated carbocycles. The summed E-state index contributed by atoms with van der Waals surface area (Å²) < 4.78 is 35.3. The summed E-state index contributed by atoms with van der Waals surface area (Å²) in [6.07, 6.45) is 0.350. The van der Waals surface area contributed by atoms with Crippen LogP contribution in [0.25, 0.3) is 11.0 Å². The maximum Gasteiger partial charge on any atom is 0.290 e. The molecule has 0 bridgehead atoms. The normalized spacial score (nSPS) is 17.5. The number of sulfone groups is 1. The van der Waals surface area contributed by atoms with Gasteiger partial charge in [-0.3, -0.25) is 9.59 Å². The summed E-state index contributed by atoms with van der Waals surface area (Å²) >= 11 is 0. The van der Waals surface area contributed by atoms with E-state index < -0.39 is 21.8 Å². The Morgan fingerprint density at radius 2 is 1.90 bits per heavy atom. The van der Waals surface area contributed by atoms with Crippen molar-refractivity contribution >= 4 is 26.7 Å². The Morgan fingerprint density at radius 1 is 1.16 bits per heavy atom. The first-order valence-electron chi connectivity index (χ1n) is 10.1. The SMILES string of the molecule is CCOc1ccc(CN(C(=O)c2cc(=O)c3ccccc3o2)[C@H]2CCS(=O)(=O)C2)cc1. The van der Waals surface area contributed by atoms with Crippen molar-refractivity contribution in [2.45, 2.75) is 25.9 Å². The number of nitrogens with zero attached hydrogens (tertiary/aromatic N) is 1. The lowest BCUT2D eigenvalue weighted by atomic mass is 10.1. The maximum atomic E-state index is 13.4. The molecule has 0 N–H and O–H groups in total. The van der Waals surface area contributed by atoms with Crippen LogP contribution in [0.3, 0.4) is 0 Å². The van der Waals surface area contributed by atoms with E-state index >= 15 is 0 Å². The first kappa shape index (κ1) is 21.1. The van der Waals surface area contributed by atoms with Crippen molar-refractivity contribution < 1.29 is 22.4 Å². The quantitative estimate of drug-likeness (QED) is 0.584. The van der Waals surface area contributed by atoms with Crippen molar-refractivity contribution in [1.82, 2.24) is 4.90 Å². The summed E-state index contributed by atoms with van der Waals surface area (Å²) in [7, 11) is -3.21. The molecule has 1 amide bonds. The van der Waals surface area contributed by atoms with Gasteiger partial charge >= 0.3 is 0 Å². The van der Waals surface area contributed by atoms with Crippen molar-refractivity contribution in [1.29, 1.82) is 0 Å². The Morgan fingerprint density at radius 3 is 2.58 bits per heavy atom. The second kappa shape index (κ2) is 8.55. The predicted molar refractivity (Wildman–Crippen MR) is 117 cm³/mol. The maximum absolute atomic E-state index is 13.4. The highest BCUT2D eigenvalue weighted by atomic mass is 32.2. The summed E-state index contributed by atoms with van der Waals surface area (Å²) in [6, 6.07) is 14.7. The number of rotatable bonds is 6. The number of carbonyl (C=O) groups excluding carboxylic acids is 1. The zero-order chi connectivity index (χ0) is 22.0. The zero-order valence-electron chi connectivity index (χ0n) is 17.1. The van der Waals surface area contributed by atoms with Crippen molar-refractivity contribution in [3.05, 3.63) is 76.1 Å². The third-order valence-corrected chi connectivity index (χ3v) is 7.09. The van der Waals surface area contributed by atoms with Crippen LogP contribution in [0, 0.1) is 0 Å². The Kier molecular flexibility index (Phi) is 5.82. The number of hydrogen-bond acceptors (Lipinski definition) is 6. The van der Waals surface area contributed by atoms with E-state index in [1.165, 1.54) is 11.0 Å². The first-order valence-corrected chi connectivity index (χ1v) is 11.9. The fourth-order valence-corrected chi connectivity index (χ4v) is 5.52. The lowest BCUT2D eigenvalue weighted by molar-refractivity contribution is 0.0648. The highest BCUT2D eigenvalue weighted by Gasteiger charge is 2.36. The molecule has 31 heavy (non-hydrogen) atoms. The summed E-state index contributed by atoms with van der Waals surface area (Å²) in [5.74, 6) is 0.0471. The van der Waals surface area contributed by atoms with Crippen LogP contribution in [-0.4, -0.2) is 43.4 Å². The fourth-order valence-electron chi connectivity index (χ4n) is 3.79. The van der Waals surface area contributed by atoms with Gasteiger partial charge in [-0.2, -0.15) is 0 Å². The molecule has 2 heterocycles. The molecule has 8 heteroatoms. The van der Waals surface area contributed by atoms with Gasteiger partial charge in [0.05, 0.1) is 23.5 Å². The van der Waals surface area contributed by atoms with Crippen LogP contribution in [0.5, 0.6) is 5.75 Å². The Labute approximate surface area is 180 Å². The van der Waals surface area contributed by atoms with E-state index in [1.807, 2.05) is 31.2 Å². The van der Waals surface area contributed by atoms with Crippen LogP contribution in [0.4, 0.5) is 0 Å². The molecule has 3 aromatic rings. The second-order valence-corrected chi connectivity index (χ2v) is 9.77. The zero-order valence-corrected chi connectivity index (χ0v) is 17.9. The second-order valence-electron chi connectivity index (χ2n) is 7.54. The van der Waals surface area contributed by atoms with E-state index in [4.69, 9.17) is 9.15 Å². The van der Waals surface area contributed by atoms with E-state index in [1.54, 1.807) is 24.3 Å². The Balaban J connectivity index is 1.68. The highest BCUT2D eigenvalue weighted by Crippen LogP contribution is 2.24. The van der Waals surface area contributed by atoms with Gasteiger partial charge in [0.25, 0.3) is 5.91 Å². The van der Waals surface area contributed by atoms with E-state index in [-0.39, 0.29) is 29.2 Å². The summed E-state index contributed by atoms with van der Waals surface area (Å²) in [5, 5.41) is 0.389. The van der Waals surface area contributed by atoms with Crippen LogP contribution >= 0.6 is 0 Å². The van der Waals surface area contributed by atoms with Gasteiger partial charge < -0.3 is 14.1 Å². The number of para-hydroxylation sites is 1. The molecule has 1 atom stereocenters. The molecule has 0 unspecified atom stereocenters. The minimum Gasteiger partial charge on any atom is -0.494 e. The van der Waals surface area contributed by atoms with E-state index in [0.29, 0.717) is 29.7 Å². The van der Waals surface area contributed by atoms with Crippen LogP contribution < -0.4 is 10.2 Å². The third-order valence-electron chi connectivity index (χ3n) is 5.34. The molecule has 0 aliphatic carbocycles. The van der Waals surface area contributed by atoms with Crippen molar-refractivity contribution in [3.8, 4) is 5.75 Å². The third kappa shape index (κ3) is 4.64. The highest BCUT2D eigenvalue weighted by molar-refractivity contribution is 7.91. The Bertz CT molecular complexity index is 1260. The molecule has 1 aliphatic heterocycles. The van der Waals surface area contributed by atoms with Gasteiger partial charge in [0.15, 0.2) is 21.0 Å². The van der Waals surface area contributed by atoms with Gasteiger partial charge in [-0.1, -0.05) is 24.3 Å². The number of ether oxygens (including phenoxy) is 1. The molecular formula is C23H23NO6S. The summed E-state index contributed by atoms with van der Waals surface area (Å²) in [5.41, 5.74) is 0.827. The molecular weight excluding hydrogens is 418 g/mol. The molecule has 1 fully saturated rings. The number of carbonyl (C=O) groups is 1. The number of amides is 1. The van der Waals surface area contributed by atoms with Gasteiger partial charge in [-0.15, -0.1) is 0 Å². The Hall–Kier alpha value is -3.13. The van der Waals surface area contributed by atoms with Gasteiger partial charge in [0.1, 0.15) is 11.3 Å². The molecule has 7 nitrogen and oxygen atoms in total. The monoisotopic (exact) mass is 441 g/mol. The molecule has 162 valence electrons. The molecule has 1 aromatic heterocycles. The summed E-state index contributed by atoms with van der Waals surface area (Å²) in [4.78, 5) is 27.3. The molecule has 0 spiro atoms. The number of hydrogen-bond donors (Lipinski definition) is 0. The molecule has 2 aromatic carbocycles. The van der Waals surface area contributed by atoms with Crippen molar-refractivity contribution in [2.24, 2.45) is 0 Å². The lowest BCUT2D eigenvalue weighted by Crippen LogP contribution is -2.40. The molecule has 0 radical (unpaired) electrons. The van der Waals surface area contributed by atoms with Gasteiger partial charge in [-0.05, 0) is 43.2 Å². The molecule has 1 saturated heterocycles.